The molecule has 0 saturated carbocycles. The number of sulfonamides is 1. The summed E-state index contributed by atoms with van der Waals surface area (Å²) < 4.78 is 38.0. The van der Waals surface area contributed by atoms with Crippen LogP contribution in [0.25, 0.3) is 12.2 Å². The number of carbonyl (C=O) groups is 1. The second kappa shape index (κ2) is 9.51. The highest BCUT2D eigenvalue weighted by atomic mass is 32.2. The van der Waals surface area contributed by atoms with Gasteiger partial charge in [0.25, 0.3) is 0 Å². The number of Topliss-reactive ketones (excluding diaryl/α,β-unsaturated/α-hetero) is 1. The van der Waals surface area contributed by atoms with E-state index in [0.29, 0.717) is 58.1 Å². The molecule has 0 spiro atoms. The topological polar surface area (TPSA) is 110 Å². The fraction of sp³-hybridized carbons (Fsp3) is 0.500. The number of hydrogen-bond donors (Lipinski definition) is 0. The van der Waals surface area contributed by atoms with Gasteiger partial charge >= 0.3 is 0 Å². The molecule has 32 heavy (non-hydrogen) atoms. The number of rotatable bonds is 7. The molecule has 10 heteroatoms. The van der Waals surface area contributed by atoms with Crippen LogP contribution in [-0.4, -0.2) is 73.2 Å². The average Bonchev–Trinajstić information content (AvgIpc) is 3.20. The molecule has 1 aliphatic rings. The lowest BCUT2D eigenvalue weighted by Gasteiger charge is -2.29. The number of aryl methyl sites for hydroxylation is 4. The Labute approximate surface area is 188 Å². The van der Waals surface area contributed by atoms with Crippen LogP contribution in [0, 0.1) is 27.7 Å². The summed E-state index contributed by atoms with van der Waals surface area (Å²) in [5.41, 5.74) is 3.42. The molecule has 9 nitrogen and oxygen atoms in total. The summed E-state index contributed by atoms with van der Waals surface area (Å²) in [6.45, 7) is 7.76. The minimum Gasteiger partial charge on any atom is -0.361 e. The van der Waals surface area contributed by atoms with Crippen molar-refractivity contribution in [3.05, 3.63) is 45.2 Å². The van der Waals surface area contributed by atoms with Crippen LogP contribution in [0.4, 0.5) is 0 Å². The van der Waals surface area contributed by atoms with Crippen molar-refractivity contribution in [3.63, 3.8) is 0 Å². The molecule has 0 aliphatic carbocycles. The van der Waals surface area contributed by atoms with Crippen molar-refractivity contribution in [2.45, 2.75) is 34.1 Å². The Kier molecular flexibility index (Phi) is 7.16. The predicted octanol–water partition coefficient (Wildman–Crippen LogP) is 2.53. The fourth-order valence-electron chi connectivity index (χ4n) is 3.64. The molecule has 0 atom stereocenters. The molecule has 0 unspecified atom stereocenters. The van der Waals surface area contributed by atoms with Crippen LogP contribution in [0.15, 0.2) is 20.2 Å². The highest BCUT2D eigenvalue weighted by Crippen LogP contribution is 2.27. The van der Waals surface area contributed by atoms with Crippen molar-refractivity contribution in [1.82, 2.24) is 19.5 Å². The Hall–Kier alpha value is -2.56. The van der Waals surface area contributed by atoms with Crippen LogP contribution in [0.5, 0.6) is 0 Å². The number of aromatic nitrogens is 2. The van der Waals surface area contributed by atoms with Gasteiger partial charge in [0.05, 0.1) is 17.1 Å². The van der Waals surface area contributed by atoms with Crippen molar-refractivity contribution in [2.75, 3.05) is 39.5 Å². The van der Waals surface area contributed by atoms with E-state index in [1.165, 1.54) is 4.31 Å². The summed E-state index contributed by atoms with van der Waals surface area (Å²) >= 11 is 0. The van der Waals surface area contributed by atoms with Crippen LogP contribution in [0.2, 0.25) is 0 Å². The zero-order chi connectivity index (χ0) is 23.6. The van der Waals surface area contributed by atoms with Gasteiger partial charge in [0.1, 0.15) is 11.5 Å². The van der Waals surface area contributed by atoms with E-state index in [9.17, 15) is 13.2 Å². The molecule has 0 radical (unpaired) electrons. The first kappa shape index (κ1) is 24.1. The van der Waals surface area contributed by atoms with Gasteiger partial charge in [-0.3, -0.25) is 4.79 Å². The van der Waals surface area contributed by atoms with Gasteiger partial charge in [0.2, 0.25) is 10.0 Å². The number of ketones is 1. The molecular formula is C22H30N4O5S. The largest absolute Gasteiger partial charge is 0.361 e. The molecule has 1 saturated heterocycles. The lowest BCUT2D eigenvalue weighted by molar-refractivity contribution is -0.113. The molecule has 1 aliphatic heterocycles. The molecule has 0 bridgehead atoms. The van der Waals surface area contributed by atoms with Crippen molar-refractivity contribution >= 4 is 28.0 Å². The molecular weight excluding hydrogens is 432 g/mol. The van der Waals surface area contributed by atoms with E-state index < -0.39 is 10.0 Å². The summed E-state index contributed by atoms with van der Waals surface area (Å²) in [5.74, 6) is 0.955. The predicted molar refractivity (Wildman–Crippen MR) is 121 cm³/mol. The number of nitrogens with zero attached hydrogens (tertiary/aromatic N) is 4. The lowest BCUT2D eigenvalue weighted by atomic mass is 9.95. The van der Waals surface area contributed by atoms with Gasteiger partial charge in [-0.1, -0.05) is 10.3 Å². The van der Waals surface area contributed by atoms with E-state index >= 15 is 0 Å². The summed E-state index contributed by atoms with van der Waals surface area (Å²) in [5, 5.41) is 7.86. The maximum absolute atomic E-state index is 13.3. The van der Waals surface area contributed by atoms with Crippen LogP contribution in [-0.2, 0) is 14.8 Å². The minimum absolute atomic E-state index is 0.00608. The average molecular weight is 463 g/mol. The van der Waals surface area contributed by atoms with Gasteiger partial charge < -0.3 is 13.9 Å². The van der Waals surface area contributed by atoms with Crippen LogP contribution >= 0.6 is 0 Å². The SMILES string of the molecule is Cc1noc(C)c1/C=C1/CN(S(=O)(=O)CCCN(C)C)C/C(=C\c2c(C)noc2C)C1=O. The zero-order valence-electron chi connectivity index (χ0n) is 19.4. The highest BCUT2D eigenvalue weighted by Gasteiger charge is 2.33. The maximum atomic E-state index is 13.3. The highest BCUT2D eigenvalue weighted by molar-refractivity contribution is 7.89. The van der Waals surface area contributed by atoms with E-state index in [1.54, 1.807) is 39.8 Å². The smallest absolute Gasteiger partial charge is 0.214 e. The van der Waals surface area contributed by atoms with Crippen molar-refractivity contribution in [1.29, 1.82) is 0 Å². The molecule has 2 aromatic rings. The van der Waals surface area contributed by atoms with Gasteiger partial charge in [-0.15, -0.1) is 0 Å². The molecule has 0 N–H and O–H groups in total. The second-order valence-corrected chi connectivity index (χ2v) is 10.5. The molecule has 3 rings (SSSR count). The zero-order valence-corrected chi connectivity index (χ0v) is 20.2. The first-order valence-corrected chi connectivity index (χ1v) is 12.0. The molecule has 174 valence electrons. The quantitative estimate of drug-likeness (QED) is 0.578. The van der Waals surface area contributed by atoms with Crippen molar-refractivity contribution < 1.29 is 22.3 Å². The van der Waals surface area contributed by atoms with Gasteiger partial charge in [0, 0.05) is 35.4 Å². The fourth-order valence-corrected chi connectivity index (χ4v) is 5.06. The third kappa shape index (κ3) is 5.25. The Morgan fingerprint density at radius 3 is 1.78 bits per heavy atom. The Morgan fingerprint density at radius 1 is 0.938 bits per heavy atom. The molecule has 2 aromatic heterocycles. The molecule has 0 aromatic carbocycles. The number of hydrogen-bond acceptors (Lipinski definition) is 8. The van der Waals surface area contributed by atoms with Crippen LogP contribution in [0.3, 0.4) is 0 Å². The van der Waals surface area contributed by atoms with Gasteiger partial charge in [-0.2, -0.15) is 4.31 Å². The first-order valence-electron chi connectivity index (χ1n) is 10.4. The number of piperidine rings is 1. The van der Waals surface area contributed by atoms with E-state index in [1.807, 2.05) is 19.0 Å². The van der Waals surface area contributed by atoms with Gasteiger partial charge in [-0.05, 0) is 66.9 Å². The monoisotopic (exact) mass is 462 g/mol. The Morgan fingerprint density at radius 2 is 1.41 bits per heavy atom. The van der Waals surface area contributed by atoms with Crippen LogP contribution in [0.1, 0.15) is 40.5 Å². The van der Waals surface area contributed by atoms with Crippen LogP contribution < -0.4 is 0 Å². The van der Waals surface area contributed by atoms with E-state index in [2.05, 4.69) is 10.3 Å². The summed E-state index contributed by atoms with van der Waals surface area (Å²) in [6.07, 6.45) is 3.88. The van der Waals surface area contributed by atoms with E-state index in [0.717, 1.165) is 0 Å². The van der Waals surface area contributed by atoms with Gasteiger partial charge in [0.15, 0.2) is 5.78 Å². The third-order valence-corrected chi connectivity index (χ3v) is 7.34. The molecule has 1 fully saturated rings. The Bertz CT molecular complexity index is 1060. The second-order valence-electron chi connectivity index (χ2n) is 8.38. The molecule has 3 heterocycles. The summed E-state index contributed by atoms with van der Waals surface area (Å²) in [4.78, 5) is 15.3. The summed E-state index contributed by atoms with van der Waals surface area (Å²) in [7, 11) is 0.236. The van der Waals surface area contributed by atoms with E-state index in [4.69, 9.17) is 9.05 Å². The van der Waals surface area contributed by atoms with Gasteiger partial charge in [-0.25, -0.2) is 8.42 Å². The van der Waals surface area contributed by atoms with E-state index in [-0.39, 0.29) is 24.6 Å². The first-order chi connectivity index (χ1) is 15.0. The number of carbonyl (C=O) groups excluding carboxylic acids is 1. The van der Waals surface area contributed by atoms with Crippen molar-refractivity contribution in [3.8, 4) is 0 Å². The minimum atomic E-state index is -3.57. The maximum Gasteiger partial charge on any atom is 0.214 e. The Balaban J connectivity index is 2.02. The third-order valence-electron chi connectivity index (χ3n) is 5.49. The standard InChI is InChI=1S/C22H30N4O5S/c1-14-20(16(3)30-23-14)10-18-12-26(32(28,29)9-7-8-25(5)6)13-19(22(18)27)11-21-15(2)24-31-17(21)4/h10-11H,7-9,12-13H2,1-6H3/b18-10-,19-11+. The van der Waals surface area contributed by atoms with Crippen molar-refractivity contribution in [2.24, 2.45) is 0 Å². The summed E-state index contributed by atoms with van der Waals surface area (Å²) in [6, 6.07) is 0. The molecule has 0 amide bonds. The normalized spacial score (nSPS) is 18.4. The lowest BCUT2D eigenvalue weighted by Crippen LogP contribution is -2.43.